The molecule has 0 aromatic heterocycles. The van der Waals surface area contributed by atoms with E-state index < -0.39 is 21.4 Å². The zero-order valence-electron chi connectivity index (χ0n) is 9.66. The van der Waals surface area contributed by atoms with Crippen LogP contribution < -0.4 is 16.6 Å². The van der Waals surface area contributed by atoms with Crippen LogP contribution in [0.4, 0.5) is 17.1 Å². The van der Waals surface area contributed by atoms with Gasteiger partial charge < -0.3 is 5.32 Å². The van der Waals surface area contributed by atoms with E-state index in [1.807, 2.05) is 5.43 Å². The highest BCUT2D eigenvalue weighted by molar-refractivity contribution is 5.76. The topological polar surface area (TPSA) is 153 Å². The molecule has 1 aromatic carbocycles. The van der Waals surface area contributed by atoms with Crippen LogP contribution >= 0.6 is 0 Å². The summed E-state index contributed by atoms with van der Waals surface area (Å²) in [5.41, 5.74) is 1.20. The minimum absolute atomic E-state index is 0.0185. The summed E-state index contributed by atoms with van der Waals surface area (Å²) in [6.07, 6.45) is 0.0185. The number of carbonyl (C=O) groups is 1. The summed E-state index contributed by atoms with van der Waals surface area (Å²) >= 11 is 0. The number of anilines is 1. The highest BCUT2D eigenvalue weighted by Gasteiger charge is 2.19. The summed E-state index contributed by atoms with van der Waals surface area (Å²) in [6.45, 7) is 0.113. The lowest BCUT2D eigenvalue weighted by atomic mass is 10.2. The third kappa shape index (κ3) is 3.89. The second-order valence-electron chi connectivity index (χ2n) is 3.46. The minimum Gasteiger partial charge on any atom is -0.379 e. The number of nitrogens with two attached hydrogens (primary N) is 1. The molecule has 10 nitrogen and oxygen atoms in total. The molecular formula is C9H11N5O5. The molecule has 0 unspecified atom stereocenters. The first-order chi connectivity index (χ1) is 8.95. The van der Waals surface area contributed by atoms with Crippen LogP contribution in [0.25, 0.3) is 0 Å². The normalized spacial score (nSPS) is 9.74. The smallest absolute Gasteiger partial charge is 0.299 e. The summed E-state index contributed by atoms with van der Waals surface area (Å²) in [5.74, 6) is 4.44. The van der Waals surface area contributed by atoms with E-state index in [1.165, 1.54) is 6.07 Å². The Morgan fingerprint density at radius 3 is 2.47 bits per heavy atom. The zero-order chi connectivity index (χ0) is 14.4. The number of nitro groups is 2. The molecular weight excluding hydrogens is 258 g/mol. The average molecular weight is 269 g/mol. The fourth-order valence-corrected chi connectivity index (χ4v) is 1.32. The van der Waals surface area contributed by atoms with E-state index in [0.29, 0.717) is 0 Å². The van der Waals surface area contributed by atoms with Crippen molar-refractivity contribution in [2.45, 2.75) is 6.42 Å². The predicted octanol–water partition coefficient (Wildman–Crippen LogP) is 0.295. The Labute approximate surface area is 106 Å². The molecule has 1 rings (SSSR count). The molecule has 0 bridgehead atoms. The number of hydrazine groups is 1. The van der Waals surface area contributed by atoms with Crippen LogP contribution in [0.3, 0.4) is 0 Å². The van der Waals surface area contributed by atoms with Gasteiger partial charge in [0, 0.05) is 19.0 Å². The molecule has 0 aliphatic rings. The monoisotopic (exact) mass is 269 g/mol. The summed E-state index contributed by atoms with van der Waals surface area (Å²) in [6, 6.07) is 3.21. The fourth-order valence-electron chi connectivity index (χ4n) is 1.32. The highest BCUT2D eigenvalue weighted by atomic mass is 16.6. The van der Waals surface area contributed by atoms with Crippen molar-refractivity contribution >= 4 is 23.0 Å². The van der Waals surface area contributed by atoms with Gasteiger partial charge in [-0.3, -0.25) is 30.4 Å². The van der Waals surface area contributed by atoms with E-state index in [0.717, 1.165) is 12.1 Å². The standard InChI is InChI=1S/C9H11N5O5/c10-12-9(15)3-4-11-7-2-1-6(13(16)17)5-8(7)14(18)19/h1-2,5,11H,3-4,10H2,(H,12,15). The molecule has 4 N–H and O–H groups in total. The van der Waals surface area contributed by atoms with Crippen molar-refractivity contribution in [1.29, 1.82) is 0 Å². The first-order valence-corrected chi connectivity index (χ1v) is 5.12. The van der Waals surface area contributed by atoms with Gasteiger partial charge in [0.2, 0.25) is 5.91 Å². The Hall–Kier alpha value is -2.75. The number of rotatable bonds is 6. The number of hydrogen-bond donors (Lipinski definition) is 3. The fraction of sp³-hybridized carbons (Fsp3) is 0.222. The van der Waals surface area contributed by atoms with Gasteiger partial charge in [-0.2, -0.15) is 0 Å². The van der Waals surface area contributed by atoms with Gasteiger partial charge in [-0.05, 0) is 6.07 Å². The Kier molecular flexibility index (Phi) is 4.71. The van der Waals surface area contributed by atoms with E-state index in [4.69, 9.17) is 5.84 Å². The first-order valence-electron chi connectivity index (χ1n) is 5.12. The molecule has 1 aromatic rings. The van der Waals surface area contributed by atoms with Gasteiger partial charge in [-0.15, -0.1) is 0 Å². The number of nitrogens with one attached hydrogen (secondary N) is 2. The Balaban J connectivity index is 2.85. The van der Waals surface area contributed by atoms with Crippen molar-refractivity contribution in [2.24, 2.45) is 5.84 Å². The zero-order valence-corrected chi connectivity index (χ0v) is 9.66. The number of nitrogens with zero attached hydrogens (tertiary/aromatic N) is 2. The summed E-state index contributed by atoms with van der Waals surface area (Å²) in [7, 11) is 0. The van der Waals surface area contributed by atoms with Crippen LogP contribution in [-0.2, 0) is 4.79 Å². The van der Waals surface area contributed by atoms with Gasteiger partial charge in [0.1, 0.15) is 5.69 Å². The van der Waals surface area contributed by atoms with Crippen molar-refractivity contribution in [1.82, 2.24) is 5.43 Å². The second-order valence-corrected chi connectivity index (χ2v) is 3.46. The van der Waals surface area contributed by atoms with Gasteiger partial charge in [0.25, 0.3) is 11.4 Å². The molecule has 1 amide bonds. The van der Waals surface area contributed by atoms with Crippen LogP contribution in [0.15, 0.2) is 18.2 Å². The largest absolute Gasteiger partial charge is 0.379 e. The van der Waals surface area contributed by atoms with E-state index in [9.17, 15) is 25.0 Å². The van der Waals surface area contributed by atoms with Crippen LogP contribution in [0.1, 0.15) is 6.42 Å². The van der Waals surface area contributed by atoms with Crippen molar-refractivity contribution in [3.05, 3.63) is 38.4 Å². The molecule has 10 heteroatoms. The van der Waals surface area contributed by atoms with Crippen molar-refractivity contribution in [3.63, 3.8) is 0 Å². The lowest BCUT2D eigenvalue weighted by Gasteiger charge is -2.06. The Morgan fingerprint density at radius 1 is 1.26 bits per heavy atom. The Bertz CT molecular complexity index is 518. The van der Waals surface area contributed by atoms with Crippen molar-refractivity contribution in [2.75, 3.05) is 11.9 Å². The molecule has 0 aliphatic carbocycles. The van der Waals surface area contributed by atoms with E-state index in [2.05, 4.69) is 5.32 Å². The third-order valence-corrected chi connectivity index (χ3v) is 2.22. The van der Waals surface area contributed by atoms with Crippen molar-refractivity contribution in [3.8, 4) is 0 Å². The van der Waals surface area contributed by atoms with Gasteiger partial charge >= 0.3 is 0 Å². The molecule has 102 valence electrons. The summed E-state index contributed by atoms with van der Waals surface area (Å²) in [5, 5.41) is 24.0. The highest BCUT2D eigenvalue weighted by Crippen LogP contribution is 2.28. The van der Waals surface area contributed by atoms with E-state index in [-0.39, 0.29) is 24.3 Å². The SMILES string of the molecule is NNC(=O)CCNc1ccc([N+](=O)[O-])cc1[N+](=O)[O-]. The predicted molar refractivity (Wildman–Crippen MR) is 65.2 cm³/mol. The van der Waals surface area contributed by atoms with E-state index in [1.54, 1.807) is 0 Å². The van der Waals surface area contributed by atoms with Crippen LogP contribution in [0, 0.1) is 20.2 Å². The van der Waals surface area contributed by atoms with E-state index >= 15 is 0 Å². The number of nitro benzene ring substituents is 2. The second kappa shape index (κ2) is 6.26. The molecule has 0 atom stereocenters. The number of non-ortho nitro benzene ring substituents is 1. The summed E-state index contributed by atoms with van der Waals surface area (Å²) in [4.78, 5) is 30.7. The molecule has 0 heterocycles. The number of benzene rings is 1. The molecule has 0 saturated heterocycles. The molecule has 19 heavy (non-hydrogen) atoms. The van der Waals surface area contributed by atoms with Gasteiger partial charge in [-0.1, -0.05) is 0 Å². The molecule has 0 aliphatic heterocycles. The lowest BCUT2D eigenvalue weighted by molar-refractivity contribution is -0.393. The lowest BCUT2D eigenvalue weighted by Crippen LogP contribution is -2.31. The Morgan fingerprint density at radius 2 is 1.95 bits per heavy atom. The maximum atomic E-state index is 10.9. The van der Waals surface area contributed by atoms with Crippen LogP contribution in [-0.4, -0.2) is 22.3 Å². The van der Waals surface area contributed by atoms with Crippen molar-refractivity contribution < 1.29 is 14.6 Å². The number of hydrogen-bond acceptors (Lipinski definition) is 7. The number of carbonyl (C=O) groups excluding carboxylic acids is 1. The number of amides is 1. The summed E-state index contributed by atoms with van der Waals surface area (Å²) < 4.78 is 0. The van der Waals surface area contributed by atoms with Gasteiger partial charge in [-0.25, -0.2) is 5.84 Å². The van der Waals surface area contributed by atoms with Crippen LogP contribution in [0.5, 0.6) is 0 Å². The van der Waals surface area contributed by atoms with Gasteiger partial charge in [0.15, 0.2) is 0 Å². The maximum Gasteiger partial charge on any atom is 0.299 e. The quantitative estimate of drug-likeness (QED) is 0.290. The molecule has 0 radical (unpaired) electrons. The average Bonchev–Trinajstić information content (AvgIpc) is 2.38. The van der Waals surface area contributed by atoms with Crippen LogP contribution in [0.2, 0.25) is 0 Å². The molecule has 0 spiro atoms. The third-order valence-electron chi connectivity index (χ3n) is 2.22. The molecule has 0 fully saturated rings. The van der Waals surface area contributed by atoms with Gasteiger partial charge in [0.05, 0.1) is 15.9 Å². The minimum atomic E-state index is -0.738. The first kappa shape index (κ1) is 14.3. The molecule has 0 saturated carbocycles. The maximum absolute atomic E-state index is 10.9.